The number of benzene rings is 2. The fourth-order valence-corrected chi connectivity index (χ4v) is 3.75. The third-order valence-electron chi connectivity index (χ3n) is 3.86. The normalized spacial score (nSPS) is 11.3. The van der Waals surface area contributed by atoms with Gasteiger partial charge >= 0.3 is 0 Å². The van der Waals surface area contributed by atoms with Gasteiger partial charge in [-0.25, -0.2) is 13.1 Å². The fourth-order valence-electron chi connectivity index (χ4n) is 2.45. The van der Waals surface area contributed by atoms with Crippen LogP contribution in [0.1, 0.15) is 10.4 Å². The Bertz CT molecular complexity index is 999. The van der Waals surface area contributed by atoms with Crippen LogP contribution in [0.25, 0.3) is 5.69 Å². The van der Waals surface area contributed by atoms with E-state index in [4.69, 9.17) is 0 Å². The molecule has 0 aliphatic heterocycles. The summed E-state index contributed by atoms with van der Waals surface area (Å²) in [7, 11) is -3.60. The molecule has 0 radical (unpaired) electrons. The van der Waals surface area contributed by atoms with Crippen LogP contribution in [-0.4, -0.2) is 32.0 Å². The summed E-state index contributed by atoms with van der Waals surface area (Å²) in [6.07, 6.45) is 3.85. The second kappa shape index (κ2) is 8.51. The predicted octanol–water partition coefficient (Wildman–Crippen LogP) is 2.95. The zero-order valence-electron chi connectivity index (χ0n) is 14.3. The van der Waals surface area contributed by atoms with Crippen molar-refractivity contribution in [1.29, 1.82) is 0 Å². The Morgan fingerprint density at radius 2 is 1.56 bits per heavy atom. The third-order valence-corrected chi connectivity index (χ3v) is 5.86. The number of rotatable bonds is 7. The zero-order chi connectivity index (χ0) is 19.3. The summed E-state index contributed by atoms with van der Waals surface area (Å²) < 4.78 is 29.5. The lowest BCUT2D eigenvalue weighted by Gasteiger charge is -2.09. The van der Waals surface area contributed by atoms with Crippen molar-refractivity contribution in [3.8, 4) is 5.69 Å². The summed E-state index contributed by atoms with van der Waals surface area (Å²) in [6, 6.07) is 17.4. The molecule has 0 aliphatic carbocycles. The van der Waals surface area contributed by atoms with Gasteiger partial charge in [-0.1, -0.05) is 15.9 Å². The predicted molar refractivity (Wildman–Crippen MR) is 107 cm³/mol. The van der Waals surface area contributed by atoms with E-state index in [0.717, 1.165) is 10.2 Å². The zero-order valence-corrected chi connectivity index (χ0v) is 16.7. The summed E-state index contributed by atoms with van der Waals surface area (Å²) in [6.45, 7) is 0.291. The number of sulfonamides is 1. The second-order valence-electron chi connectivity index (χ2n) is 5.74. The Labute approximate surface area is 166 Å². The monoisotopic (exact) mass is 447 g/mol. The maximum Gasteiger partial charge on any atom is 0.251 e. The first-order chi connectivity index (χ1) is 13.0. The first kappa shape index (κ1) is 19.3. The molecular weight excluding hydrogens is 430 g/mol. The maximum absolute atomic E-state index is 12.2. The molecule has 2 N–H and O–H groups in total. The van der Waals surface area contributed by atoms with Gasteiger partial charge < -0.3 is 9.88 Å². The van der Waals surface area contributed by atoms with Crippen LogP contribution in [0.5, 0.6) is 0 Å². The van der Waals surface area contributed by atoms with Gasteiger partial charge in [-0.2, -0.15) is 0 Å². The molecule has 2 aromatic carbocycles. The number of hydrogen-bond acceptors (Lipinski definition) is 3. The van der Waals surface area contributed by atoms with Crippen LogP contribution in [-0.2, 0) is 10.0 Å². The highest BCUT2D eigenvalue weighted by Crippen LogP contribution is 2.14. The summed E-state index contributed by atoms with van der Waals surface area (Å²) in [5.41, 5.74) is 1.47. The van der Waals surface area contributed by atoms with Gasteiger partial charge in [-0.3, -0.25) is 4.79 Å². The molecule has 1 aromatic heterocycles. The number of nitrogens with zero attached hydrogens (tertiary/aromatic N) is 1. The number of halogens is 1. The number of aromatic nitrogens is 1. The Hall–Kier alpha value is -2.42. The number of carbonyl (C=O) groups is 1. The first-order valence-corrected chi connectivity index (χ1v) is 10.5. The topological polar surface area (TPSA) is 80.2 Å². The van der Waals surface area contributed by atoms with Crippen LogP contribution in [0.15, 0.2) is 82.4 Å². The van der Waals surface area contributed by atoms with Gasteiger partial charge in [0, 0.05) is 41.2 Å². The second-order valence-corrected chi connectivity index (χ2v) is 8.43. The summed E-state index contributed by atoms with van der Waals surface area (Å²) >= 11 is 3.27. The highest BCUT2D eigenvalue weighted by atomic mass is 79.9. The number of hydrogen-bond donors (Lipinski definition) is 2. The van der Waals surface area contributed by atoms with Crippen molar-refractivity contribution in [3.05, 3.63) is 83.1 Å². The van der Waals surface area contributed by atoms with Crippen molar-refractivity contribution in [2.24, 2.45) is 0 Å². The van der Waals surface area contributed by atoms with Gasteiger partial charge in [-0.05, 0) is 60.7 Å². The molecule has 1 heterocycles. The molecule has 0 aliphatic rings. The van der Waals surface area contributed by atoms with E-state index in [-0.39, 0.29) is 23.9 Å². The molecule has 0 saturated carbocycles. The minimum atomic E-state index is -3.60. The fraction of sp³-hybridized carbons (Fsp3) is 0.105. The van der Waals surface area contributed by atoms with Gasteiger partial charge in [-0.15, -0.1) is 0 Å². The van der Waals surface area contributed by atoms with Crippen molar-refractivity contribution < 1.29 is 13.2 Å². The molecule has 8 heteroatoms. The van der Waals surface area contributed by atoms with E-state index in [1.165, 1.54) is 12.1 Å². The van der Waals surface area contributed by atoms with Crippen molar-refractivity contribution in [2.75, 3.05) is 13.1 Å². The van der Waals surface area contributed by atoms with E-state index in [0.29, 0.717) is 5.56 Å². The van der Waals surface area contributed by atoms with Gasteiger partial charge in [0.1, 0.15) is 0 Å². The van der Waals surface area contributed by atoms with Crippen molar-refractivity contribution in [2.45, 2.75) is 4.90 Å². The molecule has 0 unspecified atom stereocenters. The highest BCUT2D eigenvalue weighted by Gasteiger charge is 2.13. The average molecular weight is 448 g/mol. The number of carbonyl (C=O) groups excluding carboxylic acids is 1. The van der Waals surface area contributed by atoms with Crippen molar-refractivity contribution in [3.63, 3.8) is 0 Å². The molecule has 27 heavy (non-hydrogen) atoms. The van der Waals surface area contributed by atoms with Crippen molar-refractivity contribution in [1.82, 2.24) is 14.6 Å². The first-order valence-electron chi connectivity index (χ1n) is 8.22. The maximum atomic E-state index is 12.2. The molecule has 1 amide bonds. The summed E-state index contributed by atoms with van der Waals surface area (Å²) in [4.78, 5) is 12.4. The highest BCUT2D eigenvalue weighted by molar-refractivity contribution is 9.10. The van der Waals surface area contributed by atoms with Gasteiger partial charge in [0.05, 0.1) is 4.90 Å². The Kier molecular flexibility index (Phi) is 6.10. The SMILES string of the molecule is O=C(NCCNS(=O)(=O)c1ccc(Br)cc1)c1ccc(-n2cccc2)cc1. The minimum Gasteiger partial charge on any atom is -0.351 e. The standard InChI is InChI=1S/C19H18BrN3O3S/c20-16-5-9-18(10-6-16)27(25,26)22-12-11-21-19(24)15-3-7-17(8-4-15)23-13-1-2-14-23/h1-10,13-14,22H,11-12H2,(H,21,24). The van der Waals surface area contributed by atoms with Crippen LogP contribution in [0.4, 0.5) is 0 Å². The quantitative estimate of drug-likeness (QED) is 0.546. The largest absolute Gasteiger partial charge is 0.351 e. The van der Waals surface area contributed by atoms with Crippen LogP contribution in [0.2, 0.25) is 0 Å². The molecule has 3 rings (SSSR count). The lowest BCUT2D eigenvalue weighted by molar-refractivity contribution is 0.0954. The lowest BCUT2D eigenvalue weighted by atomic mass is 10.2. The summed E-state index contributed by atoms with van der Waals surface area (Å²) in [5, 5.41) is 2.71. The molecular formula is C19H18BrN3O3S. The molecule has 0 fully saturated rings. The van der Waals surface area contributed by atoms with Crippen LogP contribution in [0.3, 0.4) is 0 Å². The van der Waals surface area contributed by atoms with E-state index in [1.807, 2.05) is 41.2 Å². The molecule has 0 spiro atoms. The molecule has 6 nitrogen and oxygen atoms in total. The van der Waals surface area contributed by atoms with E-state index in [2.05, 4.69) is 26.0 Å². The third kappa shape index (κ3) is 5.06. The van der Waals surface area contributed by atoms with Gasteiger partial charge in [0.2, 0.25) is 10.0 Å². The number of amides is 1. The van der Waals surface area contributed by atoms with E-state index >= 15 is 0 Å². The molecule has 0 atom stereocenters. The van der Waals surface area contributed by atoms with Gasteiger partial charge in [0.25, 0.3) is 5.91 Å². The van der Waals surface area contributed by atoms with Crippen LogP contribution < -0.4 is 10.0 Å². The molecule has 0 saturated heterocycles. The molecule has 3 aromatic rings. The number of nitrogens with one attached hydrogen (secondary N) is 2. The summed E-state index contributed by atoms with van der Waals surface area (Å²) in [5.74, 6) is -0.253. The Balaban J connectivity index is 1.50. The Morgan fingerprint density at radius 3 is 2.19 bits per heavy atom. The van der Waals surface area contributed by atoms with Crippen LogP contribution in [0, 0.1) is 0 Å². The van der Waals surface area contributed by atoms with Gasteiger partial charge in [0.15, 0.2) is 0 Å². The van der Waals surface area contributed by atoms with Crippen LogP contribution >= 0.6 is 15.9 Å². The van der Waals surface area contributed by atoms with E-state index in [1.54, 1.807) is 24.3 Å². The van der Waals surface area contributed by atoms with Crippen molar-refractivity contribution >= 4 is 31.9 Å². The Morgan fingerprint density at radius 1 is 0.926 bits per heavy atom. The smallest absolute Gasteiger partial charge is 0.251 e. The minimum absolute atomic E-state index is 0.103. The molecule has 140 valence electrons. The van der Waals surface area contributed by atoms with E-state index in [9.17, 15) is 13.2 Å². The van der Waals surface area contributed by atoms with E-state index < -0.39 is 10.0 Å². The lowest BCUT2D eigenvalue weighted by Crippen LogP contribution is -2.34. The average Bonchev–Trinajstić information content (AvgIpc) is 3.20. The molecule has 0 bridgehead atoms.